The van der Waals surface area contributed by atoms with Crippen molar-refractivity contribution in [3.8, 4) is 0 Å². The minimum Gasteiger partial charge on any atom is -0.469 e. The van der Waals surface area contributed by atoms with Crippen LogP contribution < -0.4 is 4.72 Å². The highest BCUT2D eigenvalue weighted by Crippen LogP contribution is 2.26. The van der Waals surface area contributed by atoms with E-state index in [0.29, 0.717) is 13.0 Å². The number of methoxy groups -OCH3 is 1. The van der Waals surface area contributed by atoms with Gasteiger partial charge in [-0.3, -0.25) is 4.79 Å². The molecular weight excluding hydrogens is 258 g/mol. The van der Waals surface area contributed by atoms with Crippen LogP contribution in [0.4, 0.5) is 0 Å². The Bertz CT molecular complexity index is 394. The van der Waals surface area contributed by atoms with Gasteiger partial charge in [-0.25, -0.2) is 13.1 Å². The first-order chi connectivity index (χ1) is 8.29. The van der Waals surface area contributed by atoms with Crippen LogP contribution in [0.2, 0.25) is 0 Å². The smallest absolute Gasteiger partial charge is 0.305 e. The zero-order chi connectivity index (χ0) is 13.8. The Morgan fingerprint density at radius 3 is 2.72 bits per heavy atom. The molecule has 1 N–H and O–H groups in total. The van der Waals surface area contributed by atoms with Gasteiger partial charge in [-0.2, -0.15) is 0 Å². The molecule has 0 aromatic heterocycles. The number of esters is 1. The predicted molar refractivity (Wildman–Crippen MR) is 66.6 cm³/mol. The number of sulfonamides is 1. The van der Waals surface area contributed by atoms with Gasteiger partial charge in [0, 0.05) is 13.0 Å². The third-order valence-corrected chi connectivity index (χ3v) is 4.90. The van der Waals surface area contributed by atoms with Crippen LogP contribution in [0.5, 0.6) is 0 Å². The standard InChI is InChI=1S/C11H21NO5S/c1-9-11(2,6-7-17-9)12-18(14,15)8-4-5-10(13)16-3/h9,12H,4-8H2,1-3H3. The summed E-state index contributed by atoms with van der Waals surface area (Å²) in [4.78, 5) is 10.9. The average Bonchev–Trinajstić information content (AvgIpc) is 2.57. The maximum Gasteiger partial charge on any atom is 0.305 e. The van der Waals surface area contributed by atoms with E-state index in [2.05, 4.69) is 9.46 Å². The quantitative estimate of drug-likeness (QED) is 0.713. The van der Waals surface area contributed by atoms with Gasteiger partial charge in [-0.15, -0.1) is 0 Å². The first-order valence-electron chi connectivity index (χ1n) is 5.99. The maximum absolute atomic E-state index is 11.9. The molecule has 2 atom stereocenters. The highest BCUT2D eigenvalue weighted by molar-refractivity contribution is 7.89. The molecule has 0 saturated carbocycles. The van der Waals surface area contributed by atoms with Gasteiger partial charge in [-0.1, -0.05) is 0 Å². The largest absolute Gasteiger partial charge is 0.469 e. The van der Waals surface area contributed by atoms with E-state index in [1.807, 2.05) is 13.8 Å². The molecule has 0 spiro atoms. The molecule has 1 fully saturated rings. The number of carbonyl (C=O) groups excluding carboxylic acids is 1. The topological polar surface area (TPSA) is 81.7 Å². The van der Waals surface area contributed by atoms with Crippen molar-refractivity contribution in [1.29, 1.82) is 0 Å². The second kappa shape index (κ2) is 5.99. The van der Waals surface area contributed by atoms with Crippen LogP contribution in [0, 0.1) is 0 Å². The van der Waals surface area contributed by atoms with Crippen LogP contribution >= 0.6 is 0 Å². The highest BCUT2D eigenvalue weighted by Gasteiger charge is 2.39. The zero-order valence-electron chi connectivity index (χ0n) is 11.1. The Hall–Kier alpha value is -0.660. The molecule has 1 rings (SSSR count). The van der Waals surface area contributed by atoms with E-state index in [1.165, 1.54) is 7.11 Å². The molecule has 1 saturated heterocycles. The van der Waals surface area contributed by atoms with Crippen molar-refractivity contribution in [2.75, 3.05) is 19.5 Å². The van der Waals surface area contributed by atoms with Gasteiger partial charge < -0.3 is 9.47 Å². The van der Waals surface area contributed by atoms with Gasteiger partial charge >= 0.3 is 5.97 Å². The summed E-state index contributed by atoms with van der Waals surface area (Å²) in [5.74, 6) is -0.473. The summed E-state index contributed by atoms with van der Waals surface area (Å²) in [6.45, 7) is 4.24. The number of nitrogens with one attached hydrogen (secondary N) is 1. The molecule has 7 heteroatoms. The van der Waals surface area contributed by atoms with Gasteiger partial charge in [-0.05, 0) is 26.7 Å². The first-order valence-corrected chi connectivity index (χ1v) is 7.64. The van der Waals surface area contributed by atoms with E-state index in [9.17, 15) is 13.2 Å². The monoisotopic (exact) mass is 279 g/mol. The summed E-state index contributed by atoms with van der Waals surface area (Å²) in [5.41, 5.74) is -0.551. The fraction of sp³-hybridized carbons (Fsp3) is 0.909. The van der Waals surface area contributed by atoms with Crippen molar-refractivity contribution in [2.24, 2.45) is 0 Å². The van der Waals surface area contributed by atoms with E-state index in [1.54, 1.807) is 0 Å². The van der Waals surface area contributed by atoms with Crippen molar-refractivity contribution in [3.05, 3.63) is 0 Å². The third-order valence-electron chi connectivity index (χ3n) is 3.30. The minimum atomic E-state index is -3.40. The summed E-state index contributed by atoms with van der Waals surface area (Å²) >= 11 is 0. The van der Waals surface area contributed by atoms with Crippen molar-refractivity contribution >= 4 is 16.0 Å². The van der Waals surface area contributed by atoms with Crippen molar-refractivity contribution in [2.45, 2.75) is 44.8 Å². The number of ether oxygens (including phenoxy) is 2. The average molecular weight is 279 g/mol. The first kappa shape index (κ1) is 15.4. The number of rotatable bonds is 6. The van der Waals surface area contributed by atoms with Gasteiger partial charge in [0.05, 0.1) is 24.5 Å². The molecule has 106 valence electrons. The van der Waals surface area contributed by atoms with Crippen LogP contribution in [0.3, 0.4) is 0 Å². The second-order valence-electron chi connectivity index (χ2n) is 4.78. The zero-order valence-corrected chi connectivity index (χ0v) is 11.9. The van der Waals surface area contributed by atoms with Crippen LogP contribution in [-0.2, 0) is 24.3 Å². The summed E-state index contributed by atoms with van der Waals surface area (Å²) in [6.07, 6.45) is 0.880. The van der Waals surface area contributed by atoms with Crippen LogP contribution in [-0.4, -0.2) is 45.5 Å². The molecule has 0 aromatic carbocycles. The van der Waals surface area contributed by atoms with Crippen LogP contribution in [0.15, 0.2) is 0 Å². The number of hydrogen-bond acceptors (Lipinski definition) is 5. The molecule has 18 heavy (non-hydrogen) atoms. The Kier molecular flexibility index (Phi) is 5.12. The fourth-order valence-electron chi connectivity index (χ4n) is 1.88. The lowest BCUT2D eigenvalue weighted by Crippen LogP contribution is -2.51. The molecule has 1 aliphatic heterocycles. The Morgan fingerprint density at radius 2 is 2.22 bits per heavy atom. The molecule has 2 unspecified atom stereocenters. The fourth-order valence-corrected chi connectivity index (χ4v) is 3.49. The molecule has 1 heterocycles. The normalized spacial score (nSPS) is 28.3. The third kappa shape index (κ3) is 4.22. The van der Waals surface area contributed by atoms with Gasteiger partial charge in [0.15, 0.2) is 0 Å². The van der Waals surface area contributed by atoms with E-state index < -0.39 is 21.5 Å². The number of carbonyl (C=O) groups is 1. The second-order valence-corrected chi connectivity index (χ2v) is 6.62. The lowest BCUT2D eigenvalue weighted by molar-refractivity contribution is -0.140. The summed E-state index contributed by atoms with van der Waals surface area (Å²) < 4.78 is 36.3. The summed E-state index contributed by atoms with van der Waals surface area (Å²) in [6, 6.07) is 0. The highest BCUT2D eigenvalue weighted by atomic mass is 32.2. The van der Waals surface area contributed by atoms with Gasteiger partial charge in [0.25, 0.3) is 0 Å². The predicted octanol–water partition coefficient (Wildman–Crippen LogP) is 0.427. The van der Waals surface area contributed by atoms with E-state index in [-0.39, 0.29) is 24.7 Å². The molecule has 6 nitrogen and oxygen atoms in total. The lowest BCUT2D eigenvalue weighted by atomic mass is 9.97. The van der Waals surface area contributed by atoms with Crippen molar-refractivity contribution in [1.82, 2.24) is 4.72 Å². The number of hydrogen-bond donors (Lipinski definition) is 1. The molecule has 0 aliphatic carbocycles. The van der Waals surface area contributed by atoms with Crippen LogP contribution in [0.1, 0.15) is 33.1 Å². The van der Waals surface area contributed by atoms with E-state index >= 15 is 0 Å². The van der Waals surface area contributed by atoms with E-state index in [4.69, 9.17) is 4.74 Å². The van der Waals surface area contributed by atoms with Crippen LogP contribution in [0.25, 0.3) is 0 Å². The summed E-state index contributed by atoms with van der Waals surface area (Å²) in [5, 5.41) is 0. The molecule has 1 aliphatic rings. The molecule has 0 amide bonds. The summed E-state index contributed by atoms with van der Waals surface area (Å²) in [7, 11) is -2.11. The van der Waals surface area contributed by atoms with Crippen molar-refractivity contribution in [3.63, 3.8) is 0 Å². The molecular formula is C11H21NO5S. The Labute approximate surface area is 108 Å². The molecule has 0 radical (unpaired) electrons. The van der Waals surface area contributed by atoms with Gasteiger partial charge in [0.2, 0.25) is 10.0 Å². The van der Waals surface area contributed by atoms with Gasteiger partial charge in [0.1, 0.15) is 0 Å². The lowest BCUT2D eigenvalue weighted by Gasteiger charge is -2.28. The Balaban J connectivity index is 2.47. The molecule has 0 bridgehead atoms. The van der Waals surface area contributed by atoms with E-state index in [0.717, 1.165) is 0 Å². The maximum atomic E-state index is 11.9. The molecule has 0 aromatic rings. The Morgan fingerprint density at radius 1 is 1.56 bits per heavy atom. The SMILES string of the molecule is COC(=O)CCCS(=O)(=O)NC1(C)CCOC1C. The van der Waals surface area contributed by atoms with Crippen molar-refractivity contribution < 1.29 is 22.7 Å². The minimum absolute atomic E-state index is 0.0790.